The monoisotopic (exact) mass is 309 g/mol. The number of aliphatic carboxylic acids is 1. The molecule has 5 heteroatoms. The van der Waals surface area contributed by atoms with Crippen LogP contribution in [0.1, 0.15) is 44.6 Å². The molecule has 0 bridgehead atoms. The van der Waals surface area contributed by atoms with Crippen LogP contribution in [0.3, 0.4) is 0 Å². The van der Waals surface area contributed by atoms with E-state index < -0.39 is 11.5 Å². The van der Waals surface area contributed by atoms with Crippen LogP contribution in [0.25, 0.3) is 0 Å². The van der Waals surface area contributed by atoms with E-state index in [1.807, 2.05) is 0 Å². The minimum Gasteiger partial charge on any atom is -0.479 e. The third kappa shape index (κ3) is 3.38. The Morgan fingerprint density at radius 3 is 2.38 bits per heavy atom. The van der Waals surface area contributed by atoms with Gasteiger partial charge in [0.05, 0.1) is 0 Å². The first-order valence-corrected chi connectivity index (χ1v) is 7.66. The number of carbonyl (C=O) groups is 2. The number of nitrogens with one attached hydrogen (secondary N) is 1. The molecule has 1 atom stereocenters. The first-order chi connectivity index (χ1) is 9.98. The molecule has 0 aliphatic heterocycles. The Balaban J connectivity index is 2.21. The van der Waals surface area contributed by atoms with Crippen LogP contribution in [0.4, 0.5) is 0 Å². The van der Waals surface area contributed by atoms with E-state index in [1.54, 1.807) is 31.2 Å². The zero-order chi connectivity index (χ0) is 15.5. The van der Waals surface area contributed by atoms with Gasteiger partial charge in [0, 0.05) is 11.4 Å². The third-order valence-electron chi connectivity index (χ3n) is 4.28. The molecule has 1 amide bonds. The fraction of sp³-hybridized carbons (Fsp3) is 0.500. The number of amides is 1. The van der Waals surface area contributed by atoms with Crippen molar-refractivity contribution in [2.45, 2.75) is 44.6 Å². The van der Waals surface area contributed by atoms with E-state index in [2.05, 4.69) is 5.32 Å². The van der Waals surface area contributed by atoms with Gasteiger partial charge in [0.25, 0.3) is 0 Å². The summed E-state index contributed by atoms with van der Waals surface area (Å²) in [6.45, 7) is 1.76. The summed E-state index contributed by atoms with van der Waals surface area (Å²) in [6, 6.07) is 6.60. The van der Waals surface area contributed by atoms with Gasteiger partial charge in [-0.25, -0.2) is 4.79 Å². The largest absolute Gasteiger partial charge is 0.479 e. The minimum atomic E-state index is -1.38. The molecular formula is C16H20ClNO3. The topological polar surface area (TPSA) is 66.4 Å². The van der Waals surface area contributed by atoms with Crippen LogP contribution in [0, 0.1) is 5.92 Å². The average Bonchev–Trinajstić information content (AvgIpc) is 2.41. The van der Waals surface area contributed by atoms with Crippen LogP contribution in [-0.2, 0) is 15.1 Å². The van der Waals surface area contributed by atoms with Crippen LogP contribution in [-0.4, -0.2) is 17.0 Å². The molecule has 2 rings (SSSR count). The lowest BCUT2D eigenvalue weighted by Crippen LogP contribution is -2.52. The van der Waals surface area contributed by atoms with E-state index in [0.717, 1.165) is 19.3 Å². The van der Waals surface area contributed by atoms with Gasteiger partial charge in [0.2, 0.25) is 5.91 Å². The maximum atomic E-state index is 12.2. The van der Waals surface area contributed by atoms with E-state index in [4.69, 9.17) is 11.6 Å². The zero-order valence-electron chi connectivity index (χ0n) is 12.1. The van der Waals surface area contributed by atoms with E-state index in [1.165, 1.54) is 0 Å². The Kier molecular flexibility index (Phi) is 4.88. The van der Waals surface area contributed by atoms with Gasteiger partial charge in [-0.05, 0) is 42.9 Å². The van der Waals surface area contributed by atoms with Gasteiger partial charge in [-0.1, -0.05) is 37.1 Å². The van der Waals surface area contributed by atoms with Gasteiger partial charge in [0.15, 0.2) is 5.54 Å². The summed E-state index contributed by atoms with van der Waals surface area (Å²) >= 11 is 5.85. The number of carboxylic acids is 1. The third-order valence-corrected chi connectivity index (χ3v) is 4.54. The molecule has 1 aromatic carbocycles. The van der Waals surface area contributed by atoms with Gasteiger partial charge >= 0.3 is 5.97 Å². The molecule has 0 saturated heterocycles. The second-order valence-electron chi connectivity index (χ2n) is 5.62. The van der Waals surface area contributed by atoms with Crippen molar-refractivity contribution in [3.8, 4) is 0 Å². The number of halogens is 1. The molecule has 0 heterocycles. The summed E-state index contributed by atoms with van der Waals surface area (Å²) < 4.78 is 0. The summed E-state index contributed by atoms with van der Waals surface area (Å²) in [5.41, 5.74) is -0.838. The van der Waals surface area contributed by atoms with Crippen LogP contribution in [0.2, 0.25) is 5.02 Å². The van der Waals surface area contributed by atoms with E-state index in [-0.39, 0.29) is 12.3 Å². The summed E-state index contributed by atoms with van der Waals surface area (Å²) in [6.07, 6.45) is 3.96. The maximum absolute atomic E-state index is 12.2. The fourth-order valence-electron chi connectivity index (χ4n) is 2.68. The van der Waals surface area contributed by atoms with Crippen molar-refractivity contribution in [3.05, 3.63) is 34.9 Å². The number of rotatable bonds is 6. The van der Waals surface area contributed by atoms with Gasteiger partial charge in [-0.15, -0.1) is 0 Å². The first kappa shape index (κ1) is 15.8. The number of hydrogen-bond donors (Lipinski definition) is 2. The normalized spacial score (nSPS) is 17.6. The molecule has 1 aliphatic carbocycles. The smallest absolute Gasteiger partial charge is 0.334 e. The number of benzene rings is 1. The van der Waals surface area contributed by atoms with E-state index in [9.17, 15) is 14.7 Å². The van der Waals surface area contributed by atoms with Gasteiger partial charge in [-0.3, -0.25) is 4.79 Å². The van der Waals surface area contributed by atoms with E-state index in [0.29, 0.717) is 22.9 Å². The van der Waals surface area contributed by atoms with Crippen LogP contribution in [0.15, 0.2) is 24.3 Å². The molecule has 1 unspecified atom stereocenters. The molecule has 1 aliphatic rings. The predicted octanol–water partition coefficient (Wildman–Crippen LogP) is 3.34. The second kappa shape index (κ2) is 6.48. The zero-order valence-corrected chi connectivity index (χ0v) is 12.8. The Bertz CT molecular complexity index is 525. The lowest BCUT2D eigenvalue weighted by molar-refractivity contribution is -0.148. The molecule has 1 fully saturated rings. The molecule has 0 radical (unpaired) electrons. The standard InChI is InChI=1S/C16H20ClNO3/c1-2-16(15(20)21,12-6-8-13(17)9-7-12)18-14(19)10-11-4-3-5-11/h6-9,11H,2-5,10H2,1H3,(H,18,19)(H,20,21). The van der Waals surface area contributed by atoms with Crippen molar-refractivity contribution >= 4 is 23.5 Å². The van der Waals surface area contributed by atoms with Crippen molar-refractivity contribution in [3.63, 3.8) is 0 Å². The summed E-state index contributed by atoms with van der Waals surface area (Å²) in [4.78, 5) is 24.0. The molecule has 1 saturated carbocycles. The molecule has 0 aromatic heterocycles. The van der Waals surface area contributed by atoms with Crippen molar-refractivity contribution in [2.75, 3.05) is 0 Å². The highest BCUT2D eigenvalue weighted by Crippen LogP contribution is 2.31. The predicted molar refractivity (Wildman–Crippen MR) is 81.2 cm³/mol. The fourth-order valence-corrected chi connectivity index (χ4v) is 2.80. The molecule has 4 nitrogen and oxygen atoms in total. The molecular weight excluding hydrogens is 290 g/mol. The lowest BCUT2D eigenvalue weighted by atomic mass is 9.82. The van der Waals surface area contributed by atoms with Crippen LogP contribution >= 0.6 is 11.6 Å². The highest BCUT2D eigenvalue weighted by Gasteiger charge is 2.40. The highest BCUT2D eigenvalue weighted by atomic mass is 35.5. The van der Waals surface area contributed by atoms with Crippen molar-refractivity contribution in [1.82, 2.24) is 5.32 Å². The van der Waals surface area contributed by atoms with Crippen molar-refractivity contribution in [2.24, 2.45) is 5.92 Å². The molecule has 21 heavy (non-hydrogen) atoms. The number of carboxylic acid groups (broad SMARTS) is 1. The Morgan fingerprint density at radius 1 is 1.33 bits per heavy atom. The Morgan fingerprint density at radius 2 is 1.95 bits per heavy atom. The molecule has 114 valence electrons. The summed E-state index contributed by atoms with van der Waals surface area (Å²) in [7, 11) is 0. The van der Waals surface area contributed by atoms with Gasteiger partial charge < -0.3 is 10.4 Å². The number of hydrogen-bond acceptors (Lipinski definition) is 2. The minimum absolute atomic E-state index is 0.195. The quantitative estimate of drug-likeness (QED) is 0.847. The summed E-state index contributed by atoms with van der Waals surface area (Å²) in [5.74, 6) is -0.841. The Labute approximate surface area is 129 Å². The lowest BCUT2D eigenvalue weighted by Gasteiger charge is -2.32. The van der Waals surface area contributed by atoms with Gasteiger partial charge in [0.1, 0.15) is 0 Å². The molecule has 0 spiro atoms. The maximum Gasteiger partial charge on any atom is 0.334 e. The molecule has 2 N–H and O–H groups in total. The van der Waals surface area contributed by atoms with Crippen molar-refractivity contribution < 1.29 is 14.7 Å². The number of carbonyl (C=O) groups excluding carboxylic acids is 1. The SMILES string of the molecule is CCC(NC(=O)CC1CCC1)(C(=O)O)c1ccc(Cl)cc1. The highest BCUT2D eigenvalue weighted by molar-refractivity contribution is 6.30. The second-order valence-corrected chi connectivity index (χ2v) is 6.06. The van der Waals surface area contributed by atoms with Crippen LogP contribution in [0.5, 0.6) is 0 Å². The van der Waals surface area contributed by atoms with Gasteiger partial charge in [-0.2, -0.15) is 0 Å². The van der Waals surface area contributed by atoms with E-state index >= 15 is 0 Å². The molecule has 1 aromatic rings. The summed E-state index contributed by atoms with van der Waals surface area (Å²) in [5, 5.41) is 12.9. The first-order valence-electron chi connectivity index (χ1n) is 7.28. The van der Waals surface area contributed by atoms with Crippen LogP contribution < -0.4 is 5.32 Å². The van der Waals surface area contributed by atoms with Crippen molar-refractivity contribution in [1.29, 1.82) is 0 Å². The Hall–Kier alpha value is -1.55. The average molecular weight is 310 g/mol.